The summed E-state index contributed by atoms with van der Waals surface area (Å²) in [5.41, 5.74) is 2.85. The van der Waals surface area contributed by atoms with Crippen molar-refractivity contribution in [3.63, 3.8) is 0 Å². The van der Waals surface area contributed by atoms with Crippen molar-refractivity contribution in [2.24, 2.45) is 5.92 Å². The summed E-state index contributed by atoms with van der Waals surface area (Å²) in [6.45, 7) is 7.26. The summed E-state index contributed by atoms with van der Waals surface area (Å²) in [5, 5.41) is 4.40. The summed E-state index contributed by atoms with van der Waals surface area (Å²) in [4.78, 5) is 13.5. The van der Waals surface area contributed by atoms with E-state index in [2.05, 4.69) is 5.10 Å². The normalized spacial score (nSPS) is 19.5. The number of aromatic nitrogens is 2. The van der Waals surface area contributed by atoms with Gasteiger partial charge in [-0.25, -0.2) is 0 Å². The first kappa shape index (κ1) is 15.9. The van der Waals surface area contributed by atoms with Crippen LogP contribution in [0.25, 0.3) is 0 Å². The Morgan fingerprint density at radius 1 is 1.38 bits per heavy atom. The fourth-order valence-corrected chi connectivity index (χ4v) is 3.65. The van der Waals surface area contributed by atoms with Crippen LogP contribution in [0.15, 0.2) is 0 Å². The van der Waals surface area contributed by atoms with Crippen LogP contribution >= 0.6 is 0 Å². The third-order valence-corrected chi connectivity index (χ3v) is 4.78. The van der Waals surface area contributed by atoms with Gasteiger partial charge in [-0.3, -0.25) is 9.48 Å². The smallest absolute Gasteiger partial charge is 0.302 e. The molecule has 1 aliphatic rings. The van der Waals surface area contributed by atoms with E-state index in [-0.39, 0.29) is 18.9 Å². The molecule has 1 amide bonds. The van der Waals surface area contributed by atoms with Gasteiger partial charge >= 0.3 is 10.2 Å². The van der Waals surface area contributed by atoms with Crippen molar-refractivity contribution < 1.29 is 17.1 Å². The fraction of sp³-hybridized carbons (Fsp3) is 0.692. The van der Waals surface area contributed by atoms with Crippen LogP contribution in [0.3, 0.4) is 0 Å². The van der Waals surface area contributed by atoms with Crippen LogP contribution < -0.4 is 0 Å². The van der Waals surface area contributed by atoms with Crippen LogP contribution in [0.2, 0.25) is 0 Å². The van der Waals surface area contributed by atoms with Gasteiger partial charge in [0, 0.05) is 43.2 Å². The molecule has 0 aromatic carbocycles. The van der Waals surface area contributed by atoms with Gasteiger partial charge in [0.2, 0.25) is 5.91 Å². The molecular weight excluding hydrogens is 297 g/mol. The second kappa shape index (κ2) is 5.75. The molecule has 8 heteroatoms. The molecule has 21 heavy (non-hydrogen) atoms. The number of nitrogens with zero attached hydrogens (tertiary/aromatic N) is 3. The minimum atomic E-state index is -4.54. The Morgan fingerprint density at radius 2 is 2.05 bits per heavy atom. The number of carbonyl (C=O) groups is 1. The molecule has 0 spiro atoms. The molecule has 0 N–H and O–H groups in total. The van der Waals surface area contributed by atoms with Crippen molar-refractivity contribution in [2.45, 2.75) is 40.3 Å². The lowest BCUT2D eigenvalue weighted by atomic mass is 10.1. The van der Waals surface area contributed by atoms with Crippen LogP contribution in [-0.2, 0) is 28.1 Å². The minimum Gasteiger partial charge on any atom is -0.338 e. The van der Waals surface area contributed by atoms with Crippen LogP contribution in [-0.4, -0.2) is 41.3 Å². The number of amides is 1. The molecular formula is C13H20FN3O3S. The average molecular weight is 317 g/mol. The predicted molar refractivity (Wildman–Crippen MR) is 75.8 cm³/mol. The van der Waals surface area contributed by atoms with E-state index in [4.69, 9.17) is 0 Å². The molecule has 0 aliphatic carbocycles. The SMILES string of the molecule is CCn1nc(C)c(CN2CC(CS(=O)(=O)F)CC2=O)c1C. The van der Waals surface area contributed by atoms with Crippen molar-refractivity contribution in [3.8, 4) is 0 Å². The average Bonchev–Trinajstić information content (AvgIpc) is 2.81. The van der Waals surface area contributed by atoms with Crippen molar-refractivity contribution >= 4 is 16.1 Å². The molecule has 1 fully saturated rings. The highest BCUT2D eigenvalue weighted by molar-refractivity contribution is 7.86. The molecule has 6 nitrogen and oxygen atoms in total. The summed E-state index contributed by atoms with van der Waals surface area (Å²) in [5.74, 6) is -1.18. The quantitative estimate of drug-likeness (QED) is 0.764. The van der Waals surface area contributed by atoms with Gasteiger partial charge in [0.1, 0.15) is 0 Å². The van der Waals surface area contributed by atoms with Gasteiger partial charge in [0.15, 0.2) is 0 Å². The summed E-state index contributed by atoms with van der Waals surface area (Å²) >= 11 is 0. The van der Waals surface area contributed by atoms with Gasteiger partial charge in [-0.05, 0) is 20.8 Å². The number of likely N-dealkylation sites (tertiary alicyclic amines) is 1. The molecule has 1 aromatic heterocycles. The number of hydrogen-bond acceptors (Lipinski definition) is 4. The second-order valence-corrected chi connectivity index (χ2v) is 6.93. The van der Waals surface area contributed by atoms with Gasteiger partial charge in [-0.2, -0.15) is 13.5 Å². The molecule has 2 rings (SSSR count). The van der Waals surface area contributed by atoms with Crippen LogP contribution in [0, 0.1) is 19.8 Å². The molecule has 0 saturated carbocycles. The maximum absolute atomic E-state index is 12.7. The van der Waals surface area contributed by atoms with Crippen molar-refractivity contribution in [1.82, 2.24) is 14.7 Å². The first-order valence-corrected chi connectivity index (χ1v) is 8.49. The lowest BCUT2D eigenvalue weighted by Gasteiger charge is -2.16. The van der Waals surface area contributed by atoms with E-state index < -0.39 is 21.9 Å². The van der Waals surface area contributed by atoms with Gasteiger partial charge in [-0.15, -0.1) is 3.89 Å². The third kappa shape index (κ3) is 3.61. The summed E-state index contributed by atoms with van der Waals surface area (Å²) in [6.07, 6.45) is 0.0865. The fourth-order valence-electron chi connectivity index (χ4n) is 2.86. The number of carbonyl (C=O) groups excluding carboxylic acids is 1. The first-order valence-electron chi connectivity index (χ1n) is 6.94. The highest BCUT2D eigenvalue weighted by Gasteiger charge is 2.33. The summed E-state index contributed by atoms with van der Waals surface area (Å²) < 4.78 is 36.0. The molecule has 1 aliphatic heterocycles. The Labute approximate surface area is 124 Å². The Kier molecular flexibility index (Phi) is 4.36. The lowest BCUT2D eigenvalue weighted by molar-refractivity contribution is -0.128. The second-order valence-electron chi connectivity index (χ2n) is 5.52. The van der Waals surface area contributed by atoms with Crippen molar-refractivity contribution in [2.75, 3.05) is 12.3 Å². The molecule has 1 saturated heterocycles. The molecule has 1 aromatic rings. The van der Waals surface area contributed by atoms with E-state index in [0.717, 1.165) is 23.5 Å². The Bertz CT molecular complexity index is 654. The Balaban J connectivity index is 2.11. The van der Waals surface area contributed by atoms with Gasteiger partial charge in [0.25, 0.3) is 0 Å². The van der Waals surface area contributed by atoms with Gasteiger partial charge in [-0.1, -0.05) is 0 Å². The summed E-state index contributed by atoms with van der Waals surface area (Å²) in [6, 6.07) is 0. The minimum absolute atomic E-state index is 0.0865. The molecule has 2 heterocycles. The predicted octanol–water partition coefficient (Wildman–Crippen LogP) is 1.17. The highest BCUT2D eigenvalue weighted by Crippen LogP contribution is 2.24. The Morgan fingerprint density at radius 3 is 2.57 bits per heavy atom. The first-order chi connectivity index (χ1) is 9.71. The zero-order chi connectivity index (χ0) is 15.8. The summed E-state index contributed by atoms with van der Waals surface area (Å²) in [7, 11) is -4.54. The third-order valence-electron chi connectivity index (χ3n) is 3.91. The van der Waals surface area contributed by atoms with Crippen LogP contribution in [0.5, 0.6) is 0 Å². The largest absolute Gasteiger partial charge is 0.338 e. The lowest BCUT2D eigenvalue weighted by Crippen LogP contribution is -2.26. The maximum Gasteiger partial charge on any atom is 0.302 e. The number of hydrogen-bond donors (Lipinski definition) is 0. The van der Waals surface area contributed by atoms with E-state index in [1.165, 1.54) is 0 Å². The van der Waals surface area contributed by atoms with Gasteiger partial charge in [0.05, 0.1) is 11.4 Å². The van der Waals surface area contributed by atoms with E-state index in [9.17, 15) is 17.1 Å². The highest BCUT2D eigenvalue weighted by atomic mass is 32.3. The Hall–Kier alpha value is -1.44. The van der Waals surface area contributed by atoms with Gasteiger partial charge < -0.3 is 4.90 Å². The van der Waals surface area contributed by atoms with E-state index in [1.54, 1.807) is 4.90 Å². The molecule has 0 radical (unpaired) electrons. The molecule has 1 atom stereocenters. The van der Waals surface area contributed by atoms with Crippen LogP contribution in [0.1, 0.15) is 30.3 Å². The number of halogens is 1. The maximum atomic E-state index is 12.7. The van der Waals surface area contributed by atoms with E-state index in [1.807, 2.05) is 25.5 Å². The van der Waals surface area contributed by atoms with E-state index >= 15 is 0 Å². The zero-order valence-electron chi connectivity index (χ0n) is 12.5. The zero-order valence-corrected chi connectivity index (χ0v) is 13.3. The topological polar surface area (TPSA) is 72.3 Å². The van der Waals surface area contributed by atoms with Crippen molar-refractivity contribution in [1.29, 1.82) is 0 Å². The van der Waals surface area contributed by atoms with Crippen LogP contribution in [0.4, 0.5) is 3.89 Å². The standard InChI is InChI=1S/C13H20FN3O3S/c1-4-17-10(3)12(9(2)15-17)7-16-6-11(5-13(16)18)8-21(14,19)20/h11H,4-8H2,1-3H3. The number of rotatable bonds is 5. The number of aryl methyl sites for hydroxylation is 2. The molecule has 1 unspecified atom stereocenters. The van der Waals surface area contributed by atoms with Crippen molar-refractivity contribution in [3.05, 3.63) is 17.0 Å². The molecule has 0 bridgehead atoms. The monoisotopic (exact) mass is 317 g/mol. The molecule has 118 valence electrons. The van der Waals surface area contributed by atoms with E-state index in [0.29, 0.717) is 6.54 Å².